The summed E-state index contributed by atoms with van der Waals surface area (Å²) in [7, 11) is 0. The van der Waals surface area contributed by atoms with E-state index in [1.54, 1.807) is 30.0 Å². The SMILES string of the molecule is CC1(c2ccc(O)cc2)CSc2cc(O)ccc2C1CCCCCCCC[S+]([O-])CCCC(F)(F)C(F)(F)F. The maximum absolute atomic E-state index is 12.9. The molecule has 0 saturated carbocycles. The molecule has 39 heavy (non-hydrogen) atoms. The van der Waals surface area contributed by atoms with Gasteiger partial charge in [-0.05, 0) is 67.0 Å². The molecule has 3 unspecified atom stereocenters. The van der Waals surface area contributed by atoms with Gasteiger partial charge in [0, 0.05) is 22.5 Å². The second-order valence-electron chi connectivity index (χ2n) is 10.6. The molecule has 1 aliphatic heterocycles. The number of alkyl halides is 5. The molecule has 0 bridgehead atoms. The molecular weight excluding hydrogens is 555 g/mol. The normalized spacial score (nSPS) is 20.5. The van der Waals surface area contributed by atoms with E-state index in [1.807, 2.05) is 24.3 Å². The highest BCUT2D eigenvalue weighted by molar-refractivity contribution is 7.99. The van der Waals surface area contributed by atoms with E-state index in [2.05, 4.69) is 6.92 Å². The van der Waals surface area contributed by atoms with Gasteiger partial charge in [0.2, 0.25) is 0 Å². The summed E-state index contributed by atoms with van der Waals surface area (Å²) in [5.74, 6) is -2.92. The van der Waals surface area contributed by atoms with Crippen LogP contribution in [0.25, 0.3) is 0 Å². The highest BCUT2D eigenvalue weighted by atomic mass is 32.2. The van der Waals surface area contributed by atoms with Crippen LogP contribution < -0.4 is 0 Å². The molecule has 1 aliphatic rings. The molecule has 3 atom stereocenters. The topological polar surface area (TPSA) is 63.5 Å². The molecule has 3 nitrogen and oxygen atoms in total. The number of thioether (sulfide) groups is 1. The third-order valence-electron chi connectivity index (χ3n) is 7.59. The lowest BCUT2D eigenvalue weighted by Crippen LogP contribution is -2.36. The molecule has 0 radical (unpaired) electrons. The van der Waals surface area contributed by atoms with E-state index in [0.717, 1.165) is 49.2 Å². The third-order valence-corrected chi connectivity index (χ3v) is 10.5. The Hall–Kier alpha value is -1.65. The lowest BCUT2D eigenvalue weighted by atomic mass is 9.68. The van der Waals surface area contributed by atoms with Crippen molar-refractivity contribution >= 4 is 22.9 Å². The molecule has 0 saturated heterocycles. The number of benzene rings is 2. The van der Waals surface area contributed by atoms with Crippen LogP contribution in [0.2, 0.25) is 0 Å². The smallest absolute Gasteiger partial charge is 0.453 e. The van der Waals surface area contributed by atoms with Crippen molar-refractivity contribution in [3.8, 4) is 11.5 Å². The van der Waals surface area contributed by atoms with Crippen LogP contribution in [0.15, 0.2) is 47.4 Å². The summed E-state index contributed by atoms with van der Waals surface area (Å²) in [5.41, 5.74) is 2.28. The summed E-state index contributed by atoms with van der Waals surface area (Å²) in [4.78, 5) is 1.10. The number of hydrogen-bond donors (Lipinski definition) is 2. The Bertz CT molecular complexity index is 1050. The zero-order valence-corrected chi connectivity index (χ0v) is 23.7. The van der Waals surface area contributed by atoms with E-state index in [4.69, 9.17) is 0 Å². The number of unbranched alkanes of at least 4 members (excludes halogenated alkanes) is 5. The van der Waals surface area contributed by atoms with Crippen LogP contribution in [-0.4, -0.2) is 44.1 Å². The highest BCUT2D eigenvalue weighted by Crippen LogP contribution is 2.52. The van der Waals surface area contributed by atoms with Crippen molar-refractivity contribution in [2.75, 3.05) is 17.3 Å². The molecule has 1 heterocycles. The number of rotatable bonds is 14. The fraction of sp³-hybridized carbons (Fsp3) is 0.586. The molecule has 10 heteroatoms. The van der Waals surface area contributed by atoms with Crippen LogP contribution in [0.1, 0.15) is 81.8 Å². The number of phenols is 2. The van der Waals surface area contributed by atoms with Gasteiger partial charge < -0.3 is 14.8 Å². The van der Waals surface area contributed by atoms with E-state index in [0.29, 0.717) is 12.2 Å². The number of hydrogen-bond acceptors (Lipinski definition) is 4. The first-order chi connectivity index (χ1) is 18.3. The molecule has 0 aromatic heterocycles. The monoisotopic (exact) mass is 592 g/mol. The van der Waals surface area contributed by atoms with Gasteiger partial charge in [0.25, 0.3) is 0 Å². The number of phenolic OH excluding ortho intramolecular Hbond substituents is 2. The van der Waals surface area contributed by atoms with Gasteiger partial charge in [-0.1, -0.05) is 62.0 Å². The van der Waals surface area contributed by atoms with Crippen molar-refractivity contribution < 1.29 is 36.7 Å². The second-order valence-corrected chi connectivity index (χ2v) is 13.3. The molecule has 0 fully saturated rings. The van der Waals surface area contributed by atoms with E-state index in [9.17, 15) is 36.7 Å². The largest absolute Gasteiger partial charge is 0.616 e. The van der Waals surface area contributed by atoms with E-state index < -0.39 is 36.1 Å². The minimum atomic E-state index is -5.55. The van der Waals surface area contributed by atoms with E-state index >= 15 is 0 Å². The Morgan fingerprint density at radius 1 is 0.872 bits per heavy atom. The van der Waals surface area contributed by atoms with Crippen LogP contribution in [-0.2, 0) is 16.6 Å². The minimum absolute atomic E-state index is 0.129. The van der Waals surface area contributed by atoms with Gasteiger partial charge in [0.1, 0.15) is 23.0 Å². The van der Waals surface area contributed by atoms with Gasteiger partial charge in [-0.15, -0.1) is 11.8 Å². The van der Waals surface area contributed by atoms with Crippen LogP contribution in [0, 0.1) is 0 Å². The lowest BCUT2D eigenvalue weighted by molar-refractivity contribution is -0.284. The van der Waals surface area contributed by atoms with Gasteiger partial charge in [-0.2, -0.15) is 22.0 Å². The highest BCUT2D eigenvalue weighted by Gasteiger charge is 2.56. The van der Waals surface area contributed by atoms with Gasteiger partial charge in [-0.3, -0.25) is 0 Å². The predicted molar refractivity (Wildman–Crippen MR) is 147 cm³/mol. The van der Waals surface area contributed by atoms with Gasteiger partial charge in [0.05, 0.1) is 0 Å². The van der Waals surface area contributed by atoms with Crippen molar-refractivity contribution in [3.63, 3.8) is 0 Å². The molecule has 2 aromatic rings. The fourth-order valence-corrected chi connectivity index (χ4v) is 7.83. The summed E-state index contributed by atoms with van der Waals surface area (Å²) in [6, 6.07) is 13.0. The van der Waals surface area contributed by atoms with Crippen molar-refractivity contribution in [2.45, 2.75) is 93.0 Å². The molecular formula is C29H37F5O3S2. The van der Waals surface area contributed by atoms with Crippen LogP contribution in [0.5, 0.6) is 11.5 Å². The Morgan fingerprint density at radius 2 is 1.46 bits per heavy atom. The van der Waals surface area contributed by atoms with Crippen molar-refractivity contribution in [1.29, 1.82) is 0 Å². The zero-order chi connectivity index (χ0) is 28.7. The van der Waals surface area contributed by atoms with E-state index in [1.165, 1.54) is 11.1 Å². The predicted octanol–water partition coefficient (Wildman–Crippen LogP) is 8.70. The van der Waals surface area contributed by atoms with Crippen LogP contribution in [0.3, 0.4) is 0 Å². The maximum atomic E-state index is 12.9. The molecule has 218 valence electrons. The second kappa shape index (κ2) is 13.8. The average Bonchev–Trinajstić information content (AvgIpc) is 2.86. The van der Waals surface area contributed by atoms with Crippen molar-refractivity contribution in [2.24, 2.45) is 0 Å². The zero-order valence-electron chi connectivity index (χ0n) is 22.1. The lowest BCUT2D eigenvalue weighted by Gasteiger charge is -2.43. The summed E-state index contributed by atoms with van der Waals surface area (Å²) in [5, 5.41) is 19.7. The fourth-order valence-electron chi connectivity index (χ4n) is 5.23. The van der Waals surface area contributed by atoms with Gasteiger partial charge >= 0.3 is 12.1 Å². The van der Waals surface area contributed by atoms with E-state index in [-0.39, 0.29) is 28.6 Å². The summed E-state index contributed by atoms with van der Waals surface area (Å²) in [6.07, 6.45) is -0.808. The maximum Gasteiger partial charge on any atom is 0.453 e. The summed E-state index contributed by atoms with van der Waals surface area (Å²) >= 11 is 0.359. The van der Waals surface area contributed by atoms with Crippen molar-refractivity contribution in [1.82, 2.24) is 0 Å². The molecule has 3 rings (SSSR count). The summed E-state index contributed by atoms with van der Waals surface area (Å²) < 4.78 is 74.5. The summed E-state index contributed by atoms with van der Waals surface area (Å²) in [6.45, 7) is 2.26. The first-order valence-electron chi connectivity index (χ1n) is 13.4. The number of aromatic hydroxyl groups is 2. The molecule has 2 N–H and O–H groups in total. The molecule has 2 aromatic carbocycles. The van der Waals surface area contributed by atoms with Gasteiger partial charge in [-0.25, -0.2) is 0 Å². The molecule has 0 spiro atoms. The first kappa shape index (κ1) is 31.9. The van der Waals surface area contributed by atoms with Crippen LogP contribution in [0.4, 0.5) is 22.0 Å². The molecule has 0 amide bonds. The Labute approximate surface area is 234 Å². The average molecular weight is 593 g/mol. The Balaban J connectivity index is 1.41. The minimum Gasteiger partial charge on any atom is -0.616 e. The standard InChI is InChI=1S/C29H37F5O3S2/c1-27(21-10-12-22(35)13-11-21)20-38-26-19-23(36)14-15-24(26)25(27)9-6-4-2-3-5-7-17-39(37)18-8-16-28(30,31)29(32,33)34/h10-15,19,25,35-36H,2-9,16-18,20H2,1H3. The Morgan fingerprint density at radius 3 is 2.13 bits per heavy atom. The van der Waals surface area contributed by atoms with Gasteiger partial charge in [0.15, 0.2) is 0 Å². The number of fused-ring (bicyclic) bond motifs is 1. The van der Waals surface area contributed by atoms with Crippen molar-refractivity contribution in [3.05, 3.63) is 53.6 Å². The molecule has 0 aliphatic carbocycles. The Kier molecular flexibility index (Phi) is 11.3. The first-order valence-corrected chi connectivity index (χ1v) is 15.9. The number of halogens is 5. The van der Waals surface area contributed by atoms with Crippen LogP contribution >= 0.6 is 11.8 Å². The third kappa shape index (κ3) is 8.67. The quantitative estimate of drug-likeness (QED) is 0.131.